The standard InChI is InChI=1S/C20H16N4O3/c1-2-27-20(26)17-18(23-16-7-3-4-11-24(16)19(17)25)22-14-8-9-15-13(12-14)6-5-10-21-15/h3-12,22H,2H2,1H3. The molecule has 0 saturated heterocycles. The molecule has 3 heterocycles. The molecule has 4 rings (SSSR count). The predicted molar refractivity (Wildman–Crippen MR) is 102 cm³/mol. The van der Waals surface area contributed by atoms with Crippen LogP contribution in [0.1, 0.15) is 17.3 Å². The van der Waals surface area contributed by atoms with Gasteiger partial charge in [0.05, 0.1) is 12.1 Å². The van der Waals surface area contributed by atoms with Gasteiger partial charge >= 0.3 is 5.97 Å². The third-order valence-electron chi connectivity index (χ3n) is 4.08. The van der Waals surface area contributed by atoms with E-state index in [0.717, 1.165) is 10.9 Å². The minimum Gasteiger partial charge on any atom is -0.462 e. The normalized spacial score (nSPS) is 10.9. The average molecular weight is 360 g/mol. The number of anilines is 2. The summed E-state index contributed by atoms with van der Waals surface area (Å²) in [6, 6.07) is 14.5. The lowest BCUT2D eigenvalue weighted by Gasteiger charge is -2.12. The number of ether oxygens (including phenoxy) is 1. The second kappa shape index (κ2) is 6.87. The minimum absolute atomic E-state index is 0.133. The Morgan fingerprint density at radius 2 is 2.07 bits per heavy atom. The van der Waals surface area contributed by atoms with Gasteiger partial charge in [-0.05, 0) is 43.3 Å². The molecule has 1 aromatic carbocycles. The maximum atomic E-state index is 12.8. The fourth-order valence-corrected chi connectivity index (χ4v) is 2.86. The zero-order valence-electron chi connectivity index (χ0n) is 14.5. The first-order valence-electron chi connectivity index (χ1n) is 8.47. The first-order chi connectivity index (χ1) is 13.2. The molecule has 27 heavy (non-hydrogen) atoms. The number of carbonyl (C=O) groups is 1. The highest BCUT2D eigenvalue weighted by Gasteiger charge is 2.21. The van der Waals surface area contributed by atoms with E-state index >= 15 is 0 Å². The maximum Gasteiger partial charge on any atom is 0.347 e. The molecule has 1 N–H and O–H groups in total. The van der Waals surface area contributed by atoms with Gasteiger partial charge in [0.15, 0.2) is 11.4 Å². The fraction of sp³-hybridized carbons (Fsp3) is 0.100. The van der Waals surface area contributed by atoms with Crippen LogP contribution in [0.5, 0.6) is 0 Å². The van der Waals surface area contributed by atoms with Crippen LogP contribution in [0.4, 0.5) is 11.5 Å². The zero-order chi connectivity index (χ0) is 18.8. The smallest absolute Gasteiger partial charge is 0.347 e. The van der Waals surface area contributed by atoms with E-state index in [0.29, 0.717) is 11.3 Å². The monoisotopic (exact) mass is 360 g/mol. The van der Waals surface area contributed by atoms with E-state index in [4.69, 9.17) is 4.74 Å². The molecule has 0 bridgehead atoms. The van der Waals surface area contributed by atoms with Gasteiger partial charge in [0.2, 0.25) is 0 Å². The summed E-state index contributed by atoms with van der Waals surface area (Å²) in [7, 11) is 0. The molecule has 0 amide bonds. The highest BCUT2D eigenvalue weighted by Crippen LogP contribution is 2.22. The van der Waals surface area contributed by atoms with E-state index < -0.39 is 11.5 Å². The van der Waals surface area contributed by atoms with Crippen LogP contribution in [0.2, 0.25) is 0 Å². The number of fused-ring (bicyclic) bond motifs is 2. The number of carbonyl (C=O) groups excluding carboxylic acids is 1. The van der Waals surface area contributed by atoms with Gasteiger partial charge < -0.3 is 10.1 Å². The molecule has 0 saturated carbocycles. The molecule has 7 heteroatoms. The fourth-order valence-electron chi connectivity index (χ4n) is 2.86. The number of aromatic nitrogens is 3. The third-order valence-corrected chi connectivity index (χ3v) is 4.08. The van der Waals surface area contributed by atoms with Gasteiger partial charge in [-0.2, -0.15) is 0 Å². The van der Waals surface area contributed by atoms with Gasteiger partial charge in [-0.3, -0.25) is 14.2 Å². The van der Waals surface area contributed by atoms with Crippen LogP contribution >= 0.6 is 0 Å². The number of hydrogen-bond donors (Lipinski definition) is 1. The maximum absolute atomic E-state index is 12.8. The van der Waals surface area contributed by atoms with Crippen molar-refractivity contribution in [3.05, 3.63) is 76.8 Å². The molecule has 0 unspecified atom stereocenters. The molecule has 4 aromatic rings. The van der Waals surface area contributed by atoms with Crippen molar-refractivity contribution in [2.24, 2.45) is 0 Å². The second-order valence-electron chi connectivity index (χ2n) is 5.83. The van der Waals surface area contributed by atoms with E-state index in [9.17, 15) is 9.59 Å². The second-order valence-corrected chi connectivity index (χ2v) is 5.83. The summed E-state index contributed by atoms with van der Waals surface area (Å²) in [4.78, 5) is 34.0. The molecule has 0 radical (unpaired) electrons. The molecule has 0 aliphatic heterocycles. The summed E-state index contributed by atoms with van der Waals surface area (Å²) < 4.78 is 6.39. The molecule has 0 aliphatic carbocycles. The number of benzene rings is 1. The van der Waals surface area contributed by atoms with Gasteiger partial charge in [-0.25, -0.2) is 9.78 Å². The topological polar surface area (TPSA) is 85.6 Å². The Hall–Kier alpha value is -3.74. The van der Waals surface area contributed by atoms with E-state index in [-0.39, 0.29) is 18.0 Å². The van der Waals surface area contributed by atoms with Crippen molar-refractivity contribution in [2.75, 3.05) is 11.9 Å². The number of nitrogens with zero attached hydrogens (tertiary/aromatic N) is 3. The van der Waals surface area contributed by atoms with Crippen LogP contribution in [-0.4, -0.2) is 26.9 Å². The summed E-state index contributed by atoms with van der Waals surface area (Å²) >= 11 is 0. The van der Waals surface area contributed by atoms with Crippen LogP contribution in [0.3, 0.4) is 0 Å². The van der Waals surface area contributed by atoms with E-state index in [1.54, 1.807) is 37.5 Å². The summed E-state index contributed by atoms with van der Waals surface area (Å²) in [5.41, 5.74) is 1.35. The number of hydrogen-bond acceptors (Lipinski definition) is 6. The van der Waals surface area contributed by atoms with Crippen molar-refractivity contribution in [2.45, 2.75) is 6.92 Å². The Kier molecular flexibility index (Phi) is 4.25. The first kappa shape index (κ1) is 16.7. The largest absolute Gasteiger partial charge is 0.462 e. The van der Waals surface area contributed by atoms with Crippen LogP contribution in [0.25, 0.3) is 16.6 Å². The Bertz CT molecular complexity index is 1220. The highest BCUT2D eigenvalue weighted by molar-refractivity contribution is 5.96. The van der Waals surface area contributed by atoms with Crippen LogP contribution in [0, 0.1) is 0 Å². The lowest BCUT2D eigenvalue weighted by Crippen LogP contribution is -2.26. The molecule has 0 atom stereocenters. The minimum atomic E-state index is -0.710. The van der Waals surface area contributed by atoms with Crippen LogP contribution in [-0.2, 0) is 4.74 Å². The van der Waals surface area contributed by atoms with E-state index in [1.165, 1.54) is 4.40 Å². The Morgan fingerprint density at radius 3 is 2.93 bits per heavy atom. The van der Waals surface area contributed by atoms with Crippen molar-refractivity contribution < 1.29 is 9.53 Å². The predicted octanol–water partition coefficient (Wildman–Crippen LogP) is 3.16. The molecule has 7 nitrogen and oxygen atoms in total. The summed E-state index contributed by atoms with van der Waals surface area (Å²) in [5, 5.41) is 4.01. The zero-order valence-corrected chi connectivity index (χ0v) is 14.5. The van der Waals surface area contributed by atoms with Gasteiger partial charge in [-0.1, -0.05) is 12.1 Å². The van der Waals surface area contributed by atoms with Crippen molar-refractivity contribution in [3.8, 4) is 0 Å². The lowest BCUT2D eigenvalue weighted by molar-refractivity contribution is 0.0525. The molecule has 134 valence electrons. The Morgan fingerprint density at radius 1 is 1.19 bits per heavy atom. The Balaban J connectivity index is 1.86. The van der Waals surface area contributed by atoms with Crippen LogP contribution in [0.15, 0.2) is 65.7 Å². The van der Waals surface area contributed by atoms with Gasteiger partial charge in [0.25, 0.3) is 5.56 Å². The Labute approximate surface area is 154 Å². The van der Waals surface area contributed by atoms with E-state index in [1.807, 2.05) is 30.3 Å². The first-order valence-corrected chi connectivity index (χ1v) is 8.47. The summed E-state index contributed by atoms with van der Waals surface area (Å²) in [6.07, 6.45) is 3.29. The van der Waals surface area contributed by atoms with Gasteiger partial charge in [-0.15, -0.1) is 0 Å². The summed E-state index contributed by atoms with van der Waals surface area (Å²) in [6.45, 7) is 1.85. The van der Waals surface area contributed by atoms with Crippen LogP contribution < -0.4 is 10.9 Å². The molecule has 0 spiro atoms. The van der Waals surface area contributed by atoms with Crippen molar-refractivity contribution in [1.82, 2.24) is 14.4 Å². The molecular formula is C20H16N4O3. The van der Waals surface area contributed by atoms with Gasteiger partial charge in [0, 0.05) is 23.5 Å². The quantitative estimate of drug-likeness (QED) is 0.563. The van der Waals surface area contributed by atoms with Crippen molar-refractivity contribution in [1.29, 1.82) is 0 Å². The molecular weight excluding hydrogens is 344 g/mol. The van der Waals surface area contributed by atoms with E-state index in [2.05, 4.69) is 15.3 Å². The number of esters is 1. The molecule has 0 fully saturated rings. The van der Waals surface area contributed by atoms with Crippen molar-refractivity contribution in [3.63, 3.8) is 0 Å². The van der Waals surface area contributed by atoms with Crippen molar-refractivity contribution >= 4 is 34.0 Å². The van der Waals surface area contributed by atoms with Gasteiger partial charge in [0.1, 0.15) is 5.65 Å². The molecule has 3 aromatic heterocycles. The highest BCUT2D eigenvalue weighted by atomic mass is 16.5. The molecule has 0 aliphatic rings. The lowest BCUT2D eigenvalue weighted by atomic mass is 10.2. The SMILES string of the molecule is CCOC(=O)c1c(Nc2ccc3ncccc3c2)nc2ccccn2c1=O. The number of nitrogens with one attached hydrogen (secondary N) is 1. The number of pyridine rings is 2. The summed E-state index contributed by atoms with van der Waals surface area (Å²) in [5.74, 6) is -0.550. The average Bonchev–Trinajstić information content (AvgIpc) is 2.68. The third kappa shape index (κ3) is 3.10. The number of rotatable bonds is 4.